The summed E-state index contributed by atoms with van der Waals surface area (Å²) in [6, 6.07) is 15.9. The van der Waals surface area contributed by atoms with Gasteiger partial charge in [0.1, 0.15) is 5.75 Å². The van der Waals surface area contributed by atoms with E-state index in [2.05, 4.69) is 0 Å². The molecule has 0 aromatic heterocycles. The maximum absolute atomic E-state index is 14.1. The van der Waals surface area contributed by atoms with Gasteiger partial charge in [-0.05, 0) is 82.6 Å². The third-order valence-corrected chi connectivity index (χ3v) is 7.28. The predicted molar refractivity (Wildman–Crippen MR) is 134 cm³/mol. The van der Waals surface area contributed by atoms with Crippen molar-refractivity contribution in [2.75, 3.05) is 11.5 Å². The van der Waals surface area contributed by atoms with Gasteiger partial charge >= 0.3 is 12.4 Å². The molecule has 0 amide bonds. The first-order chi connectivity index (χ1) is 17.7. The van der Waals surface area contributed by atoms with Gasteiger partial charge in [-0.25, -0.2) is 0 Å². The maximum Gasteiger partial charge on any atom is 0.418 e. The first-order valence-electron chi connectivity index (χ1n) is 11.6. The lowest BCUT2D eigenvalue weighted by Gasteiger charge is -2.36. The Morgan fingerprint density at radius 1 is 0.632 bits per heavy atom. The van der Waals surface area contributed by atoms with E-state index in [-0.39, 0.29) is 28.0 Å². The minimum atomic E-state index is -4.82. The Hall–Kier alpha value is -4.14. The second-order valence-corrected chi connectivity index (χ2v) is 9.53. The van der Waals surface area contributed by atoms with Crippen LogP contribution in [-0.4, -0.2) is 5.11 Å². The van der Waals surface area contributed by atoms with Crippen molar-refractivity contribution in [1.82, 2.24) is 0 Å². The molecule has 0 saturated heterocycles. The molecule has 0 saturated carbocycles. The molecule has 3 nitrogen and oxygen atoms in total. The fourth-order valence-electron chi connectivity index (χ4n) is 5.55. The van der Waals surface area contributed by atoms with E-state index in [0.717, 1.165) is 12.1 Å². The van der Waals surface area contributed by atoms with Crippen LogP contribution in [0.25, 0.3) is 11.1 Å². The molecule has 38 heavy (non-hydrogen) atoms. The molecule has 1 aliphatic rings. The minimum absolute atomic E-state index is 0.0608. The summed E-state index contributed by atoms with van der Waals surface area (Å²) in [5, 5.41) is 10.5. The molecule has 0 atom stereocenters. The van der Waals surface area contributed by atoms with Crippen molar-refractivity contribution >= 4 is 11.4 Å². The number of hydrogen-bond donors (Lipinski definition) is 3. The number of hydrogen-bond acceptors (Lipinski definition) is 3. The molecule has 4 aromatic carbocycles. The quantitative estimate of drug-likeness (QED) is 0.163. The smallest absolute Gasteiger partial charge is 0.418 e. The van der Waals surface area contributed by atoms with E-state index < -0.39 is 40.3 Å². The van der Waals surface area contributed by atoms with E-state index in [1.807, 2.05) is 0 Å². The summed E-state index contributed by atoms with van der Waals surface area (Å²) >= 11 is 0. The number of phenols is 1. The average Bonchev–Trinajstić information content (AvgIpc) is 3.11. The number of alkyl halides is 6. The Kier molecular flexibility index (Phi) is 5.49. The van der Waals surface area contributed by atoms with Crippen LogP contribution in [-0.2, 0) is 17.8 Å². The van der Waals surface area contributed by atoms with Crippen LogP contribution in [0, 0.1) is 13.8 Å². The molecule has 0 fully saturated rings. The molecule has 0 spiro atoms. The number of benzene rings is 4. The number of phenolic OH excluding ortho intramolecular Hbond substituents is 1. The Balaban J connectivity index is 2.03. The van der Waals surface area contributed by atoms with Gasteiger partial charge in [-0.3, -0.25) is 0 Å². The third-order valence-electron chi connectivity index (χ3n) is 7.28. The van der Waals surface area contributed by atoms with Crippen molar-refractivity contribution in [2.45, 2.75) is 31.6 Å². The predicted octanol–water partition coefficient (Wildman–Crippen LogP) is 7.57. The zero-order valence-electron chi connectivity index (χ0n) is 20.2. The summed E-state index contributed by atoms with van der Waals surface area (Å²) in [4.78, 5) is 0. The van der Waals surface area contributed by atoms with Crippen LogP contribution in [0.5, 0.6) is 5.75 Å². The molecule has 5 rings (SSSR count). The normalized spacial score (nSPS) is 14.3. The van der Waals surface area contributed by atoms with Crippen LogP contribution in [0.3, 0.4) is 0 Å². The lowest BCUT2D eigenvalue weighted by atomic mass is 9.66. The Morgan fingerprint density at radius 3 is 1.61 bits per heavy atom. The van der Waals surface area contributed by atoms with Crippen molar-refractivity contribution in [1.29, 1.82) is 0 Å². The number of nitrogen functional groups attached to an aromatic ring is 2. The average molecular weight is 528 g/mol. The highest BCUT2D eigenvalue weighted by molar-refractivity contribution is 5.87. The van der Waals surface area contributed by atoms with Crippen molar-refractivity contribution in [3.63, 3.8) is 0 Å². The van der Waals surface area contributed by atoms with Gasteiger partial charge in [0, 0.05) is 11.4 Å². The number of halogens is 6. The standard InChI is InChI=1S/C29H22F6N2O/c1-14-9-16(11-23(25(14)36)28(30,31)32)27(17-10-15(2)26(37)24(12-17)29(33,34)35)21-6-4-3-5-19(21)20-8-7-18(38)13-22(20)27/h3-13,38H,36-37H2,1-2H3. The highest BCUT2D eigenvalue weighted by Crippen LogP contribution is 2.58. The highest BCUT2D eigenvalue weighted by atomic mass is 19.4. The van der Waals surface area contributed by atoms with Crippen LogP contribution >= 0.6 is 0 Å². The molecular formula is C29H22F6N2O. The van der Waals surface area contributed by atoms with Crippen LogP contribution < -0.4 is 11.5 Å². The van der Waals surface area contributed by atoms with E-state index in [9.17, 15) is 31.4 Å². The number of anilines is 2. The maximum atomic E-state index is 14.1. The van der Waals surface area contributed by atoms with Crippen LogP contribution in [0.1, 0.15) is 44.5 Å². The first kappa shape index (κ1) is 25.5. The van der Waals surface area contributed by atoms with E-state index in [0.29, 0.717) is 22.3 Å². The molecule has 5 N–H and O–H groups in total. The molecule has 196 valence electrons. The third kappa shape index (κ3) is 3.60. The monoisotopic (exact) mass is 528 g/mol. The van der Waals surface area contributed by atoms with Gasteiger partial charge in [0.15, 0.2) is 0 Å². The van der Waals surface area contributed by atoms with Crippen molar-refractivity contribution in [2.24, 2.45) is 0 Å². The highest BCUT2D eigenvalue weighted by Gasteiger charge is 2.49. The Morgan fingerprint density at radius 2 is 1.11 bits per heavy atom. The molecule has 0 aliphatic heterocycles. The zero-order valence-corrected chi connectivity index (χ0v) is 20.2. The summed E-state index contributed by atoms with van der Waals surface area (Å²) < 4.78 is 84.8. The molecule has 0 heterocycles. The van der Waals surface area contributed by atoms with E-state index >= 15 is 0 Å². The second-order valence-electron chi connectivity index (χ2n) is 9.53. The topological polar surface area (TPSA) is 72.3 Å². The van der Waals surface area contributed by atoms with Crippen LogP contribution in [0.15, 0.2) is 66.7 Å². The van der Waals surface area contributed by atoms with Crippen LogP contribution in [0.4, 0.5) is 37.7 Å². The Labute approximate surface area is 214 Å². The Bertz CT molecular complexity index is 1530. The molecule has 0 bridgehead atoms. The van der Waals surface area contributed by atoms with Crippen molar-refractivity contribution < 1.29 is 31.4 Å². The van der Waals surface area contributed by atoms with Crippen LogP contribution in [0.2, 0.25) is 0 Å². The molecule has 0 radical (unpaired) electrons. The summed E-state index contributed by atoms with van der Waals surface area (Å²) in [6.07, 6.45) is -9.64. The number of rotatable bonds is 2. The van der Waals surface area contributed by atoms with Crippen molar-refractivity contribution in [3.05, 3.63) is 111 Å². The molecule has 9 heteroatoms. The van der Waals surface area contributed by atoms with Gasteiger partial charge in [0.05, 0.1) is 16.5 Å². The summed E-state index contributed by atoms with van der Waals surface area (Å²) in [5.41, 5.74) is 9.23. The summed E-state index contributed by atoms with van der Waals surface area (Å²) in [7, 11) is 0. The van der Waals surface area contributed by atoms with E-state index in [1.165, 1.54) is 38.1 Å². The lowest BCUT2D eigenvalue weighted by molar-refractivity contribution is -0.137. The molecule has 1 aliphatic carbocycles. The minimum Gasteiger partial charge on any atom is -0.508 e. The summed E-state index contributed by atoms with van der Waals surface area (Å²) in [6.45, 7) is 2.84. The summed E-state index contributed by atoms with van der Waals surface area (Å²) in [5.74, 6) is -0.188. The van der Waals surface area contributed by atoms with E-state index in [1.54, 1.807) is 30.3 Å². The zero-order chi connectivity index (χ0) is 27.8. The fourth-order valence-corrected chi connectivity index (χ4v) is 5.55. The van der Waals surface area contributed by atoms with Gasteiger partial charge in [-0.1, -0.05) is 42.5 Å². The van der Waals surface area contributed by atoms with E-state index in [4.69, 9.17) is 11.5 Å². The number of fused-ring (bicyclic) bond motifs is 3. The lowest BCUT2D eigenvalue weighted by Crippen LogP contribution is -2.30. The number of nitrogens with two attached hydrogens (primary N) is 2. The van der Waals surface area contributed by atoms with Crippen molar-refractivity contribution in [3.8, 4) is 16.9 Å². The molecule has 0 unspecified atom stereocenters. The second kappa shape index (κ2) is 8.18. The van der Waals surface area contributed by atoms with Gasteiger partial charge in [-0.15, -0.1) is 0 Å². The van der Waals surface area contributed by atoms with Gasteiger partial charge in [0.25, 0.3) is 0 Å². The SMILES string of the molecule is Cc1cc(C2(c3cc(C)c(N)c(C(F)(F)F)c3)c3ccccc3-c3ccc(O)cc32)cc(C(F)(F)F)c1N. The molecule has 4 aromatic rings. The van der Waals surface area contributed by atoms with Gasteiger partial charge in [0.2, 0.25) is 0 Å². The molecular weight excluding hydrogens is 506 g/mol. The number of aryl methyl sites for hydroxylation is 2. The fraction of sp³-hybridized carbons (Fsp3) is 0.172. The first-order valence-corrected chi connectivity index (χ1v) is 11.6. The van der Waals surface area contributed by atoms with Gasteiger partial charge in [-0.2, -0.15) is 26.3 Å². The largest absolute Gasteiger partial charge is 0.508 e. The van der Waals surface area contributed by atoms with Gasteiger partial charge < -0.3 is 16.6 Å². The number of aromatic hydroxyl groups is 1.